The van der Waals surface area contributed by atoms with Crippen molar-refractivity contribution >= 4 is 34.8 Å². The molecule has 0 saturated carbocycles. The first-order chi connectivity index (χ1) is 17.9. The van der Waals surface area contributed by atoms with E-state index in [0.29, 0.717) is 33.6 Å². The van der Waals surface area contributed by atoms with Gasteiger partial charge in [-0.3, -0.25) is 14.5 Å². The number of hydrogen-bond acceptors (Lipinski definition) is 6. The van der Waals surface area contributed by atoms with Gasteiger partial charge in [-0.15, -0.1) is 0 Å². The van der Waals surface area contributed by atoms with Crippen molar-refractivity contribution in [2.24, 2.45) is 5.73 Å². The van der Waals surface area contributed by atoms with E-state index in [1.165, 1.54) is 6.20 Å². The number of hydrogen-bond donors (Lipinski definition) is 2. The Labute approximate surface area is 221 Å². The number of benzene rings is 2. The number of aromatic nitrogens is 2. The van der Waals surface area contributed by atoms with Crippen LogP contribution in [0.5, 0.6) is 0 Å². The van der Waals surface area contributed by atoms with Gasteiger partial charge in [-0.1, -0.05) is 11.6 Å². The van der Waals surface area contributed by atoms with E-state index < -0.39 is 5.91 Å². The van der Waals surface area contributed by atoms with E-state index in [9.17, 15) is 9.59 Å². The van der Waals surface area contributed by atoms with Crippen LogP contribution in [0.2, 0.25) is 5.02 Å². The van der Waals surface area contributed by atoms with Crippen molar-refractivity contribution in [1.82, 2.24) is 14.7 Å². The Bertz CT molecular complexity index is 1280. The summed E-state index contributed by atoms with van der Waals surface area (Å²) in [6.45, 7) is 7.05. The SMILES string of the molecule is Cc1c(C(=O)Nc2ccc(N3CCC(N4CCOCC4)CC3)c(C(N)=O)c2)cnn1-c1ccc(Cl)cc1. The maximum atomic E-state index is 13.1. The average molecular weight is 523 g/mol. The van der Waals surface area contributed by atoms with Crippen molar-refractivity contribution in [3.8, 4) is 5.69 Å². The summed E-state index contributed by atoms with van der Waals surface area (Å²) in [6, 6.07) is 13.1. The minimum atomic E-state index is -0.520. The standard InChI is InChI=1S/C27H31ClN6O3/c1-18-24(17-30-34(18)22-5-2-19(28)3-6-22)27(36)31-20-4-7-25(23(16-20)26(29)35)33-10-8-21(9-11-33)32-12-14-37-15-13-32/h2-7,16-17,21H,8-15H2,1H3,(H2,29,35)(H,31,36). The lowest BCUT2D eigenvalue weighted by Crippen LogP contribution is -2.49. The van der Waals surface area contributed by atoms with Crippen molar-refractivity contribution in [3.63, 3.8) is 0 Å². The van der Waals surface area contributed by atoms with E-state index in [1.54, 1.807) is 22.9 Å². The lowest BCUT2D eigenvalue weighted by atomic mass is 10.0. The summed E-state index contributed by atoms with van der Waals surface area (Å²) in [5.74, 6) is -0.833. The zero-order valence-electron chi connectivity index (χ0n) is 20.8. The van der Waals surface area contributed by atoms with Gasteiger partial charge in [0, 0.05) is 48.6 Å². The van der Waals surface area contributed by atoms with Crippen LogP contribution in [-0.2, 0) is 4.74 Å². The molecule has 2 aromatic carbocycles. The van der Waals surface area contributed by atoms with E-state index in [-0.39, 0.29) is 5.91 Å². The molecule has 0 radical (unpaired) electrons. The molecule has 3 N–H and O–H groups in total. The van der Waals surface area contributed by atoms with E-state index in [0.717, 1.165) is 63.6 Å². The van der Waals surface area contributed by atoms with Crippen LogP contribution < -0.4 is 16.0 Å². The highest BCUT2D eigenvalue weighted by Crippen LogP contribution is 2.29. The van der Waals surface area contributed by atoms with E-state index >= 15 is 0 Å². The summed E-state index contributed by atoms with van der Waals surface area (Å²) in [4.78, 5) is 30.1. The molecule has 0 unspecified atom stereocenters. The van der Waals surface area contributed by atoms with Crippen LogP contribution >= 0.6 is 11.6 Å². The second-order valence-corrected chi connectivity index (χ2v) is 9.89. The van der Waals surface area contributed by atoms with Gasteiger partial charge in [0.05, 0.1) is 41.9 Å². The number of morpholine rings is 1. The first-order valence-electron chi connectivity index (χ1n) is 12.5. The maximum Gasteiger partial charge on any atom is 0.259 e. The van der Waals surface area contributed by atoms with E-state index in [1.807, 2.05) is 31.2 Å². The van der Waals surface area contributed by atoms with Crippen LogP contribution in [-0.4, -0.2) is 71.9 Å². The Hall–Kier alpha value is -3.40. The minimum Gasteiger partial charge on any atom is -0.379 e. The molecule has 2 aliphatic rings. The maximum absolute atomic E-state index is 13.1. The fourth-order valence-electron chi connectivity index (χ4n) is 5.17. The topological polar surface area (TPSA) is 106 Å². The Kier molecular flexibility index (Phi) is 7.45. The molecule has 1 aromatic heterocycles. The van der Waals surface area contributed by atoms with Crippen LogP contribution in [0.3, 0.4) is 0 Å². The number of carbonyl (C=O) groups is 2. The molecule has 2 fully saturated rings. The summed E-state index contributed by atoms with van der Waals surface area (Å²) < 4.78 is 7.16. The van der Waals surface area contributed by atoms with Crippen molar-refractivity contribution < 1.29 is 14.3 Å². The molecule has 2 saturated heterocycles. The van der Waals surface area contributed by atoms with Gasteiger partial charge in [0.1, 0.15) is 0 Å². The predicted molar refractivity (Wildman–Crippen MR) is 144 cm³/mol. The molecule has 37 heavy (non-hydrogen) atoms. The molecule has 9 nitrogen and oxygen atoms in total. The number of ether oxygens (including phenoxy) is 1. The normalized spacial score (nSPS) is 17.1. The van der Waals surface area contributed by atoms with E-state index in [2.05, 4.69) is 20.2 Å². The molecule has 2 amide bonds. The molecule has 0 bridgehead atoms. The number of nitrogens with zero attached hydrogens (tertiary/aromatic N) is 4. The van der Waals surface area contributed by atoms with Gasteiger partial charge in [0.2, 0.25) is 0 Å². The third-order valence-electron chi connectivity index (χ3n) is 7.21. The zero-order valence-corrected chi connectivity index (χ0v) is 21.6. The number of amides is 2. The number of nitrogens with one attached hydrogen (secondary N) is 1. The highest BCUT2D eigenvalue weighted by Gasteiger charge is 2.27. The Morgan fingerprint density at radius 2 is 1.73 bits per heavy atom. The lowest BCUT2D eigenvalue weighted by molar-refractivity contribution is 0.0115. The number of nitrogens with two attached hydrogens (primary N) is 1. The van der Waals surface area contributed by atoms with E-state index in [4.69, 9.17) is 22.1 Å². The monoisotopic (exact) mass is 522 g/mol. The summed E-state index contributed by atoms with van der Waals surface area (Å²) in [6.07, 6.45) is 3.57. The van der Waals surface area contributed by atoms with Gasteiger partial charge in [-0.2, -0.15) is 5.10 Å². The number of halogens is 1. The number of carbonyl (C=O) groups excluding carboxylic acids is 2. The van der Waals surface area contributed by atoms with Crippen LogP contribution in [0.1, 0.15) is 39.3 Å². The molecule has 0 atom stereocenters. The average Bonchev–Trinajstić information content (AvgIpc) is 3.31. The predicted octanol–water partition coefficient (Wildman–Crippen LogP) is 3.49. The number of piperidine rings is 1. The molecular formula is C27H31ClN6O3. The molecule has 5 rings (SSSR count). The van der Waals surface area contributed by atoms with Gasteiger partial charge in [-0.25, -0.2) is 4.68 Å². The van der Waals surface area contributed by atoms with Gasteiger partial charge < -0.3 is 20.7 Å². The lowest BCUT2D eigenvalue weighted by Gasteiger charge is -2.41. The van der Waals surface area contributed by atoms with Gasteiger partial charge in [0.15, 0.2) is 0 Å². The largest absolute Gasteiger partial charge is 0.379 e. The Morgan fingerprint density at radius 1 is 1.03 bits per heavy atom. The number of anilines is 2. The Balaban J connectivity index is 1.28. The second kappa shape index (κ2) is 10.9. The van der Waals surface area contributed by atoms with Crippen molar-refractivity contribution in [2.45, 2.75) is 25.8 Å². The molecular weight excluding hydrogens is 492 g/mol. The van der Waals surface area contributed by atoms with Crippen LogP contribution in [0.4, 0.5) is 11.4 Å². The first kappa shape index (κ1) is 25.3. The van der Waals surface area contributed by atoms with Crippen LogP contribution in [0.15, 0.2) is 48.7 Å². The zero-order chi connectivity index (χ0) is 25.9. The third-order valence-corrected chi connectivity index (χ3v) is 7.46. The molecule has 3 heterocycles. The molecule has 194 valence electrons. The third kappa shape index (κ3) is 5.49. The summed E-state index contributed by atoms with van der Waals surface area (Å²) in [5.41, 5.74) is 9.39. The van der Waals surface area contributed by atoms with Gasteiger partial charge in [-0.05, 0) is 62.2 Å². The molecule has 0 aliphatic carbocycles. The smallest absolute Gasteiger partial charge is 0.259 e. The summed E-state index contributed by atoms with van der Waals surface area (Å²) in [5, 5.41) is 7.88. The molecule has 0 spiro atoms. The summed E-state index contributed by atoms with van der Waals surface area (Å²) in [7, 11) is 0. The van der Waals surface area contributed by atoms with Crippen LogP contribution in [0.25, 0.3) is 5.69 Å². The second-order valence-electron chi connectivity index (χ2n) is 9.45. The van der Waals surface area contributed by atoms with Crippen molar-refractivity contribution in [2.75, 3.05) is 49.6 Å². The molecule has 10 heteroatoms. The van der Waals surface area contributed by atoms with Gasteiger partial charge in [0.25, 0.3) is 11.8 Å². The molecule has 2 aliphatic heterocycles. The minimum absolute atomic E-state index is 0.313. The quantitative estimate of drug-likeness (QED) is 0.513. The highest BCUT2D eigenvalue weighted by molar-refractivity contribution is 6.30. The van der Waals surface area contributed by atoms with Gasteiger partial charge >= 0.3 is 0 Å². The highest BCUT2D eigenvalue weighted by atomic mass is 35.5. The number of rotatable bonds is 6. The fraction of sp³-hybridized carbons (Fsp3) is 0.370. The summed E-state index contributed by atoms with van der Waals surface area (Å²) >= 11 is 5.98. The Morgan fingerprint density at radius 3 is 2.41 bits per heavy atom. The van der Waals surface area contributed by atoms with Crippen molar-refractivity contribution in [3.05, 3.63) is 70.5 Å². The fourth-order valence-corrected chi connectivity index (χ4v) is 5.30. The first-order valence-corrected chi connectivity index (χ1v) is 12.9. The number of primary amides is 1. The molecule has 3 aromatic rings. The van der Waals surface area contributed by atoms with Crippen molar-refractivity contribution in [1.29, 1.82) is 0 Å². The van der Waals surface area contributed by atoms with Crippen LogP contribution in [0, 0.1) is 6.92 Å².